The van der Waals surface area contributed by atoms with E-state index in [1.807, 2.05) is 4.90 Å². The predicted molar refractivity (Wildman–Crippen MR) is 83.1 cm³/mol. The Labute approximate surface area is 137 Å². The van der Waals surface area contributed by atoms with Crippen LogP contribution in [0.3, 0.4) is 0 Å². The average Bonchev–Trinajstić information content (AvgIpc) is 3.38. The Morgan fingerprint density at radius 2 is 2.00 bits per heavy atom. The van der Waals surface area contributed by atoms with Crippen molar-refractivity contribution in [2.75, 3.05) is 12.0 Å². The number of hydrogen-bond acceptors (Lipinski definition) is 4. The maximum Gasteiger partial charge on any atom is 0.417 e. The highest BCUT2D eigenvalue weighted by Crippen LogP contribution is 2.35. The highest BCUT2D eigenvalue weighted by molar-refractivity contribution is 5.47. The van der Waals surface area contributed by atoms with E-state index in [2.05, 4.69) is 4.98 Å². The molecule has 1 aromatic carbocycles. The van der Waals surface area contributed by atoms with E-state index in [1.165, 1.54) is 13.2 Å². The molecule has 0 bridgehead atoms. The third-order valence-electron chi connectivity index (χ3n) is 3.95. The van der Waals surface area contributed by atoms with Crippen molar-refractivity contribution in [2.24, 2.45) is 0 Å². The number of benzene rings is 1. The van der Waals surface area contributed by atoms with Crippen molar-refractivity contribution >= 4 is 5.82 Å². The molecule has 1 heterocycles. The van der Waals surface area contributed by atoms with Crippen LogP contribution in [0.1, 0.15) is 24.0 Å². The minimum atomic E-state index is -4.39. The van der Waals surface area contributed by atoms with Crippen molar-refractivity contribution in [1.82, 2.24) is 4.98 Å². The van der Waals surface area contributed by atoms with Gasteiger partial charge in [0.2, 0.25) is 0 Å². The van der Waals surface area contributed by atoms with Crippen LogP contribution in [0.25, 0.3) is 0 Å². The van der Waals surface area contributed by atoms with E-state index in [-0.39, 0.29) is 11.8 Å². The fourth-order valence-electron chi connectivity index (χ4n) is 2.52. The van der Waals surface area contributed by atoms with Crippen LogP contribution in [-0.4, -0.2) is 23.2 Å². The van der Waals surface area contributed by atoms with Gasteiger partial charge in [0, 0.05) is 18.8 Å². The van der Waals surface area contributed by atoms with Gasteiger partial charge in [0.05, 0.1) is 12.7 Å². The zero-order valence-electron chi connectivity index (χ0n) is 13.0. The minimum absolute atomic E-state index is 0.0480. The molecule has 128 valence electrons. The van der Waals surface area contributed by atoms with E-state index in [4.69, 9.17) is 4.74 Å². The molecule has 0 spiro atoms. The van der Waals surface area contributed by atoms with Crippen molar-refractivity contribution in [3.63, 3.8) is 0 Å². The maximum absolute atomic E-state index is 12.7. The zero-order chi connectivity index (χ0) is 17.3. The van der Waals surface area contributed by atoms with Crippen molar-refractivity contribution in [1.29, 1.82) is 0 Å². The second-order valence-electron chi connectivity index (χ2n) is 5.77. The second-order valence-corrected chi connectivity index (χ2v) is 5.77. The van der Waals surface area contributed by atoms with Crippen LogP contribution < -0.4 is 9.64 Å². The summed E-state index contributed by atoms with van der Waals surface area (Å²) in [5, 5.41) is 9.66. The summed E-state index contributed by atoms with van der Waals surface area (Å²) >= 11 is 0. The number of rotatable bonds is 5. The number of phenols is 1. The van der Waals surface area contributed by atoms with E-state index in [1.54, 1.807) is 18.2 Å². The Kier molecular flexibility index (Phi) is 4.26. The van der Waals surface area contributed by atoms with Crippen LogP contribution in [0.15, 0.2) is 36.5 Å². The topological polar surface area (TPSA) is 45.6 Å². The van der Waals surface area contributed by atoms with Gasteiger partial charge in [-0.25, -0.2) is 4.98 Å². The first-order valence-electron chi connectivity index (χ1n) is 7.54. The lowest BCUT2D eigenvalue weighted by Gasteiger charge is -2.24. The molecule has 0 radical (unpaired) electrons. The van der Waals surface area contributed by atoms with E-state index in [0.717, 1.165) is 30.7 Å². The number of aromatic hydroxyl groups is 1. The lowest BCUT2D eigenvalue weighted by molar-refractivity contribution is -0.137. The first-order chi connectivity index (χ1) is 11.4. The van der Waals surface area contributed by atoms with E-state index < -0.39 is 11.7 Å². The molecule has 0 aliphatic heterocycles. The quantitative estimate of drug-likeness (QED) is 0.896. The van der Waals surface area contributed by atoms with E-state index >= 15 is 0 Å². The summed E-state index contributed by atoms with van der Waals surface area (Å²) in [6.45, 7) is 0.486. The van der Waals surface area contributed by atoms with Crippen LogP contribution >= 0.6 is 0 Å². The van der Waals surface area contributed by atoms with Crippen molar-refractivity contribution in [2.45, 2.75) is 31.6 Å². The molecule has 0 saturated heterocycles. The van der Waals surface area contributed by atoms with Crippen molar-refractivity contribution in [3.8, 4) is 11.5 Å². The number of methoxy groups -OCH3 is 1. The number of hydrogen-bond donors (Lipinski definition) is 1. The molecule has 1 aromatic heterocycles. The van der Waals surface area contributed by atoms with Gasteiger partial charge in [0.25, 0.3) is 0 Å². The molecule has 0 atom stereocenters. The number of halogens is 3. The van der Waals surface area contributed by atoms with Gasteiger partial charge in [-0.2, -0.15) is 13.2 Å². The fraction of sp³-hybridized carbons (Fsp3) is 0.353. The molecule has 2 aromatic rings. The molecule has 3 rings (SSSR count). The number of aromatic nitrogens is 1. The Morgan fingerprint density at radius 1 is 1.25 bits per heavy atom. The van der Waals surface area contributed by atoms with Crippen LogP contribution in [0, 0.1) is 0 Å². The first kappa shape index (κ1) is 16.4. The van der Waals surface area contributed by atoms with Crippen LogP contribution in [0.2, 0.25) is 0 Å². The summed E-state index contributed by atoms with van der Waals surface area (Å²) in [5.41, 5.74) is 0.131. The molecule has 1 aliphatic carbocycles. The van der Waals surface area contributed by atoms with Gasteiger partial charge in [0.1, 0.15) is 5.82 Å². The Morgan fingerprint density at radius 3 is 2.54 bits per heavy atom. The molecular weight excluding hydrogens is 321 g/mol. The number of phenolic OH excluding ortho intramolecular Hbond substituents is 1. The lowest BCUT2D eigenvalue weighted by atomic mass is 10.1. The molecule has 1 fully saturated rings. The Hall–Kier alpha value is -2.44. The highest BCUT2D eigenvalue weighted by atomic mass is 19.4. The van der Waals surface area contributed by atoms with Gasteiger partial charge in [-0.05, 0) is 42.7 Å². The minimum Gasteiger partial charge on any atom is -0.504 e. The molecule has 0 amide bonds. The number of alkyl halides is 3. The van der Waals surface area contributed by atoms with Crippen LogP contribution in [0.5, 0.6) is 11.5 Å². The van der Waals surface area contributed by atoms with Crippen LogP contribution in [-0.2, 0) is 12.7 Å². The Bertz CT molecular complexity index is 713. The Balaban J connectivity index is 1.83. The van der Waals surface area contributed by atoms with Gasteiger partial charge in [-0.15, -0.1) is 0 Å². The third kappa shape index (κ3) is 3.55. The second kappa shape index (κ2) is 6.22. The number of pyridine rings is 1. The summed E-state index contributed by atoms with van der Waals surface area (Å²) in [7, 11) is 1.47. The molecule has 1 N–H and O–H groups in total. The molecule has 1 saturated carbocycles. The number of ether oxygens (including phenoxy) is 1. The molecule has 1 aliphatic rings. The summed E-state index contributed by atoms with van der Waals surface area (Å²) in [6.07, 6.45) is -1.56. The van der Waals surface area contributed by atoms with Crippen LogP contribution in [0.4, 0.5) is 19.0 Å². The average molecular weight is 338 g/mol. The molecule has 7 heteroatoms. The molecular formula is C17H17F3N2O2. The van der Waals surface area contributed by atoms with Gasteiger partial charge in [0.15, 0.2) is 11.5 Å². The molecule has 0 unspecified atom stereocenters. The predicted octanol–water partition coefficient (Wildman–Crippen LogP) is 3.98. The third-order valence-corrected chi connectivity index (χ3v) is 3.95. The van der Waals surface area contributed by atoms with Gasteiger partial charge >= 0.3 is 6.18 Å². The summed E-state index contributed by atoms with van der Waals surface area (Å²) in [6, 6.07) is 7.74. The summed E-state index contributed by atoms with van der Waals surface area (Å²) in [4.78, 5) is 5.97. The van der Waals surface area contributed by atoms with Crippen molar-refractivity contribution < 1.29 is 23.0 Å². The van der Waals surface area contributed by atoms with E-state index in [9.17, 15) is 18.3 Å². The van der Waals surface area contributed by atoms with Gasteiger partial charge < -0.3 is 14.7 Å². The van der Waals surface area contributed by atoms with Gasteiger partial charge in [-0.1, -0.05) is 6.07 Å². The highest BCUT2D eigenvalue weighted by Gasteiger charge is 2.33. The monoisotopic (exact) mass is 338 g/mol. The zero-order valence-corrected chi connectivity index (χ0v) is 13.0. The standard InChI is InChI=1S/C17H17F3N2O2/c1-24-15-8-11(2-6-14(15)23)10-22(13-4-5-13)16-7-3-12(9-21-16)17(18,19)20/h2-3,6-9,13,23H,4-5,10H2,1H3. The SMILES string of the molecule is COc1cc(CN(c2ccc(C(F)(F)F)cn2)C2CC2)ccc1O. The smallest absolute Gasteiger partial charge is 0.417 e. The lowest BCUT2D eigenvalue weighted by Crippen LogP contribution is -2.26. The molecule has 24 heavy (non-hydrogen) atoms. The molecule has 4 nitrogen and oxygen atoms in total. The summed E-state index contributed by atoms with van der Waals surface area (Å²) in [5.74, 6) is 0.924. The van der Waals surface area contributed by atoms with E-state index in [0.29, 0.717) is 18.1 Å². The summed E-state index contributed by atoms with van der Waals surface area (Å²) < 4.78 is 43.1. The van der Waals surface area contributed by atoms with Crippen molar-refractivity contribution in [3.05, 3.63) is 47.7 Å². The maximum atomic E-state index is 12.7. The fourth-order valence-corrected chi connectivity index (χ4v) is 2.52. The number of anilines is 1. The largest absolute Gasteiger partial charge is 0.504 e. The first-order valence-corrected chi connectivity index (χ1v) is 7.54. The normalized spacial score (nSPS) is 14.5. The number of nitrogens with zero attached hydrogens (tertiary/aromatic N) is 2. The van der Waals surface area contributed by atoms with Gasteiger partial charge in [-0.3, -0.25) is 0 Å².